The maximum Gasteiger partial charge on any atom is 0.287 e. The van der Waals surface area contributed by atoms with Crippen LogP contribution in [-0.4, -0.2) is 22.0 Å². The van der Waals surface area contributed by atoms with Crippen LogP contribution in [0.3, 0.4) is 0 Å². The fourth-order valence-electron chi connectivity index (χ4n) is 2.28. The van der Waals surface area contributed by atoms with Crippen LogP contribution in [0.4, 0.5) is 0 Å². The van der Waals surface area contributed by atoms with E-state index < -0.39 is 0 Å². The Morgan fingerprint density at radius 1 is 1.12 bits per heavy atom. The number of carbonyl (C=O) groups excluding carboxylic acids is 1. The van der Waals surface area contributed by atoms with E-state index in [1.54, 1.807) is 36.7 Å². The van der Waals surface area contributed by atoms with Crippen molar-refractivity contribution in [2.75, 3.05) is 6.54 Å². The van der Waals surface area contributed by atoms with Gasteiger partial charge in [-0.3, -0.25) is 14.6 Å². The van der Waals surface area contributed by atoms with E-state index in [1.807, 2.05) is 18.2 Å². The molecule has 3 aromatic heterocycles. The van der Waals surface area contributed by atoms with E-state index in [1.165, 1.54) is 10.6 Å². The molecule has 6 heteroatoms. The quantitative estimate of drug-likeness (QED) is 0.751. The number of rotatable bonds is 6. The minimum atomic E-state index is -0.280. The van der Waals surface area contributed by atoms with Gasteiger partial charge in [-0.15, -0.1) is 0 Å². The second kappa shape index (κ2) is 7.41. The minimum Gasteiger partial charge on any atom is -0.454 e. The molecule has 0 aliphatic rings. The van der Waals surface area contributed by atoms with Crippen LogP contribution in [0.1, 0.15) is 22.0 Å². The molecule has 0 atom stereocenters. The number of nitrogens with zero attached hydrogens (tertiary/aromatic N) is 2. The third-order valence-corrected chi connectivity index (χ3v) is 3.50. The van der Waals surface area contributed by atoms with Crippen molar-refractivity contribution < 1.29 is 9.21 Å². The Balaban J connectivity index is 1.56. The molecule has 0 aliphatic heterocycles. The summed E-state index contributed by atoms with van der Waals surface area (Å²) in [5.41, 5.74) is 0.802. The Bertz CT molecular complexity index is 868. The molecule has 1 N–H and O–H groups in total. The summed E-state index contributed by atoms with van der Waals surface area (Å²) in [7, 11) is 0. The molecule has 0 spiro atoms. The van der Waals surface area contributed by atoms with Crippen molar-refractivity contribution in [2.24, 2.45) is 0 Å². The zero-order chi connectivity index (χ0) is 16.8. The van der Waals surface area contributed by atoms with Gasteiger partial charge in [0.15, 0.2) is 5.76 Å². The average molecular weight is 323 g/mol. The Morgan fingerprint density at radius 3 is 2.79 bits per heavy atom. The Morgan fingerprint density at radius 2 is 2.00 bits per heavy atom. The van der Waals surface area contributed by atoms with Crippen molar-refractivity contribution in [3.05, 3.63) is 88.5 Å². The molecule has 0 aromatic carbocycles. The lowest BCUT2D eigenvalue weighted by Crippen LogP contribution is -2.25. The minimum absolute atomic E-state index is 0.115. The summed E-state index contributed by atoms with van der Waals surface area (Å²) in [5, 5.41) is 2.79. The zero-order valence-corrected chi connectivity index (χ0v) is 13.0. The highest BCUT2D eigenvalue weighted by molar-refractivity contribution is 5.91. The van der Waals surface area contributed by atoms with Gasteiger partial charge in [0.2, 0.25) is 0 Å². The molecule has 24 heavy (non-hydrogen) atoms. The van der Waals surface area contributed by atoms with Crippen LogP contribution in [0.15, 0.2) is 70.1 Å². The predicted octanol–water partition coefficient (Wildman–Crippen LogP) is 1.86. The van der Waals surface area contributed by atoms with Gasteiger partial charge in [0.25, 0.3) is 11.5 Å². The van der Waals surface area contributed by atoms with Crippen molar-refractivity contribution in [3.8, 4) is 0 Å². The number of hydrogen-bond donors (Lipinski definition) is 1. The van der Waals surface area contributed by atoms with Gasteiger partial charge in [0.1, 0.15) is 5.76 Å². The number of hydrogen-bond acceptors (Lipinski definition) is 4. The monoisotopic (exact) mass is 323 g/mol. The molecule has 3 aromatic rings. The van der Waals surface area contributed by atoms with Crippen LogP contribution >= 0.6 is 0 Å². The standard InChI is InChI=1S/C18H17N3O3/c22-17-6-2-4-12-21(17)13-15-7-8-16(24-15)18(23)20-11-9-14-5-1-3-10-19-14/h1-8,10,12H,9,11,13H2,(H,20,23). The molecule has 0 radical (unpaired) electrons. The van der Waals surface area contributed by atoms with Gasteiger partial charge >= 0.3 is 0 Å². The molecule has 0 bridgehead atoms. The molecule has 3 heterocycles. The van der Waals surface area contributed by atoms with Gasteiger partial charge in [0.05, 0.1) is 6.54 Å². The molecule has 3 rings (SSSR count). The van der Waals surface area contributed by atoms with Crippen molar-refractivity contribution in [2.45, 2.75) is 13.0 Å². The molecule has 0 fully saturated rings. The lowest BCUT2D eigenvalue weighted by molar-refractivity contribution is 0.0924. The van der Waals surface area contributed by atoms with Gasteiger partial charge in [0, 0.05) is 37.1 Å². The van der Waals surface area contributed by atoms with Crippen LogP contribution in [0, 0.1) is 0 Å². The lowest BCUT2D eigenvalue weighted by atomic mass is 10.2. The van der Waals surface area contributed by atoms with Crippen LogP contribution in [0.2, 0.25) is 0 Å². The molecular formula is C18H17N3O3. The van der Waals surface area contributed by atoms with E-state index in [4.69, 9.17) is 4.42 Å². The summed E-state index contributed by atoms with van der Waals surface area (Å²) in [6.07, 6.45) is 4.05. The first-order valence-corrected chi connectivity index (χ1v) is 7.65. The number of amides is 1. The summed E-state index contributed by atoms with van der Waals surface area (Å²) >= 11 is 0. The van der Waals surface area contributed by atoms with Crippen molar-refractivity contribution in [1.82, 2.24) is 14.9 Å². The first-order chi connectivity index (χ1) is 11.7. The maximum absolute atomic E-state index is 12.1. The SMILES string of the molecule is O=C(NCCc1ccccn1)c1ccc(Cn2ccccc2=O)o1. The first-order valence-electron chi connectivity index (χ1n) is 7.65. The zero-order valence-electron chi connectivity index (χ0n) is 13.0. The van der Waals surface area contributed by atoms with Gasteiger partial charge in [-0.05, 0) is 30.3 Å². The molecule has 0 aliphatic carbocycles. The van der Waals surface area contributed by atoms with E-state index in [2.05, 4.69) is 10.3 Å². The predicted molar refractivity (Wildman–Crippen MR) is 88.8 cm³/mol. The summed E-state index contributed by atoms with van der Waals surface area (Å²) in [6, 6.07) is 13.9. The summed E-state index contributed by atoms with van der Waals surface area (Å²) in [5.74, 6) is 0.505. The highest BCUT2D eigenvalue weighted by Crippen LogP contribution is 2.09. The third-order valence-electron chi connectivity index (χ3n) is 3.50. The molecular weight excluding hydrogens is 306 g/mol. The van der Waals surface area contributed by atoms with Crippen LogP contribution < -0.4 is 10.9 Å². The van der Waals surface area contributed by atoms with Crippen molar-refractivity contribution in [1.29, 1.82) is 0 Å². The highest BCUT2D eigenvalue weighted by Gasteiger charge is 2.11. The number of carbonyl (C=O) groups is 1. The Labute approximate surface area is 138 Å². The topological polar surface area (TPSA) is 77.1 Å². The second-order valence-corrected chi connectivity index (χ2v) is 5.26. The fourth-order valence-corrected chi connectivity index (χ4v) is 2.28. The number of aromatic nitrogens is 2. The van der Waals surface area contributed by atoms with Gasteiger partial charge in [-0.1, -0.05) is 12.1 Å². The van der Waals surface area contributed by atoms with Crippen LogP contribution in [0.25, 0.3) is 0 Å². The molecule has 1 amide bonds. The fraction of sp³-hybridized carbons (Fsp3) is 0.167. The smallest absolute Gasteiger partial charge is 0.287 e. The average Bonchev–Trinajstić information content (AvgIpc) is 3.07. The number of nitrogens with one attached hydrogen (secondary N) is 1. The van der Waals surface area contributed by atoms with Gasteiger partial charge < -0.3 is 14.3 Å². The highest BCUT2D eigenvalue weighted by atomic mass is 16.4. The van der Waals surface area contributed by atoms with Crippen molar-refractivity contribution in [3.63, 3.8) is 0 Å². The summed E-state index contributed by atoms with van der Waals surface area (Å²) in [4.78, 5) is 28.0. The second-order valence-electron chi connectivity index (χ2n) is 5.26. The van der Waals surface area contributed by atoms with E-state index >= 15 is 0 Å². The van der Waals surface area contributed by atoms with E-state index in [9.17, 15) is 9.59 Å². The number of furan rings is 1. The largest absolute Gasteiger partial charge is 0.454 e. The first kappa shape index (κ1) is 15.7. The maximum atomic E-state index is 12.1. The summed E-state index contributed by atoms with van der Waals surface area (Å²) < 4.78 is 7.04. The third kappa shape index (κ3) is 3.98. The van der Waals surface area contributed by atoms with Crippen LogP contribution in [0.5, 0.6) is 0 Å². The van der Waals surface area contributed by atoms with Crippen LogP contribution in [-0.2, 0) is 13.0 Å². The molecule has 0 saturated carbocycles. The normalized spacial score (nSPS) is 10.5. The summed E-state index contributed by atoms with van der Waals surface area (Å²) in [6.45, 7) is 0.769. The van der Waals surface area contributed by atoms with Gasteiger partial charge in [-0.25, -0.2) is 0 Å². The van der Waals surface area contributed by atoms with Crippen molar-refractivity contribution >= 4 is 5.91 Å². The Hall–Kier alpha value is -3.15. The Kier molecular flexibility index (Phi) is 4.86. The van der Waals surface area contributed by atoms with E-state index in [0.717, 1.165) is 5.69 Å². The van der Waals surface area contributed by atoms with E-state index in [0.29, 0.717) is 25.3 Å². The number of pyridine rings is 2. The lowest BCUT2D eigenvalue weighted by Gasteiger charge is -2.03. The van der Waals surface area contributed by atoms with E-state index in [-0.39, 0.29) is 17.2 Å². The molecule has 0 unspecified atom stereocenters. The molecule has 0 saturated heterocycles. The van der Waals surface area contributed by atoms with Gasteiger partial charge in [-0.2, -0.15) is 0 Å². The molecule has 6 nitrogen and oxygen atoms in total. The molecule has 122 valence electrons.